The maximum absolute atomic E-state index is 5.67. The monoisotopic (exact) mass is 248 g/mol. The van der Waals surface area contributed by atoms with Gasteiger partial charge in [-0.2, -0.15) is 0 Å². The minimum atomic E-state index is 0.0910. The molecule has 1 fully saturated rings. The van der Waals surface area contributed by atoms with Gasteiger partial charge < -0.3 is 4.74 Å². The molecule has 0 aromatic heterocycles. The van der Waals surface area contributed by atoms with Crippen molar-refractivity contribution in [2.45, 2.75) is 50.2 Å². The molecule has 0 saturated heterocycles. The van der Waals surface area contributed by atoms with E-state index in [1.807, 2.05) is 7.11 Å². The number of hydrazine groups is 1. The molecule has 0 amide bonds. The van der Waals surface area contributed by atoms with Gasteiger partial charge in [-0.25, -0.2) is 0 Å². The van der Waals surface area contributed by atoms with Crippen LogP contribution in [-0.2, 0) is 11.2 Å². The van der Waals surface area contributed by atoms with Crippen LogP contribution in [0, 0.1) is 0 Å². The Bertz CT molecular complexity index is 343. The number of nitrogens with two attached hydrogens (primary N) is 1. The van der Waals surface area contributed by atoms with E-state index < -0.39 is 0 Å². The number of benzene rings is 1. The quantitative estimate of drug-likeness (QED) is 0.575. The van der Waals surface area contributed by atoms with Gasteiger partial charge in [-0.3, -0.25) is 11.3 Å². The molecule has 0 aliphatic heterocycles. The third-order valence-electron chi connectivity index (χ3n) is 4.18. The predicted molar refractivity (Wildman–Crippen MR) is 74.1 cm³/mol. The highest BCUT2D eigenvalue weighted by Crippen LogP contribution is 2.39. The summed E-state index contributed by atoms with van der Waals surface area (Å²) in [4.78, 5) is 0. The largest absolute Gasteiger partial charge is 0.378 e. The summed E-state index contributed by atoms with van der Waals surface area (Å²) in [6.45, 7) is 0. The second-order valence-corrected chi connectivity index (χ2v) is 5.33. The summed E-state index contributed by atoms with van der Waals surface area (Å²) < 4.78 is 5.66. The van der Waals surface area contributed by atoms with Gasteiger partial charge in [-0.05, 0) is 44.1 Å². The maximum atomic E-state index is 5.67. The topological polar surface area (TPSA) is 47.3 Å². The molecular formula is C15H24N2O. The van der Waals surface area contributed by atoms with Gasteiger partial charge in [0.05, 0.1) is 5.60 Å². The van der Waals surface area contributed by atoms with Crippen molar-refractivity contribution in [1.82, 2.24) is 5.43 Å². The molecule has 3 nitrogen and oxygen atoms in total. The first-order chi connectivity index (χ1) is 8.78. The number of ether oxygens (including phenoxy) is 1. The van der Waals surface area contributed by atoms with Gasteiger partial charge in [0.25, 0.3) is 0 Å². The first-order valence-corrected chi connectivity index (χ1v) is 6.83. The Hall–Kier alpha value is -0.900. The van der Waals surface area contributed by atoms with E-state index in [1.165, 1.54) is 24.8 Å². The Balaban J connectivity index is 1.82. The third-order valence-corrected chi connectivity index (χ3v) is 4.18. The molecule has 1 saturated carbocycles. The summed E-state index contributed by atoms with van der Waals surface area (Å²) in [5, 5.41) is 0. The molecule has 18 heavy (non-hydrogen) atoms. The van der Waals surface area contributed by atoms with Crippen molar-refractivity contribution in [1.29, 1.82) is 0 Å². The molecule has 0 spiro atoms. The molecule has 1 aromatic rings. The van der Waals surface area contributed by atoms with E-state index in [-0.39, 0.29) is 5.60 Å². The Labute approximate surface area is 110 Å². The highest BCUT2D eigenvalue weighted by atomic mass is 16.5. The lowest BCUT2D eigenvalue weighted by atomic mass is 9.75. The zero-order chi connectivity index (χ0) is 12.8. The van der Waals surface area contributed by atoms with Gasteiger partial charge >= 0.3 is 0 Å². The average Bonchev–Trinajstić information content (AvgIpc) is 2.39. The second-order valence-electron chi connectivity index (χ2n) is 5.33. The molecule has 1 aliphatic carbocycles. The van der Waals surface area contributed by atoms with E-state index in [9.17, 15) is 0 Å². The van der Waals surface area contributed by atoms with Gasteiger partial charge in [0, 0.05) is 13.2 Å². The van der Waals surface area contributed by atoms with Gasteiger partial charge in [0.15, 0.2) is 0 Å². The third kappa shape index (κ3) is 3.31. The molecular weight excluding hydrogens is 224 g/mol. The Morgan fingerprint density at radius 3 is 2.56 bits per heavy atom. The summed E-state index contributed by atoms with van der Waals surface area (Å²) in [5.41, 5.74) is 4.41. The molecule has 3 N–H and O–H groups in total. The number of rotatable bonds is 7. The first-order valence-electron chi connectivity index (χ1n) is 6.83. The van der Waals surface area contributed by atoms with E-state index in [1.54, 1.807) is 0 Å². The van der Waals surface area contributed by atoms with E-state index in [0.717, 1.165) is 19.3 Å². The second kappa shape index (κ2) is 6.32. The number of nitrogens with one attached hydrogen (secondary N) is 1. The fourth-order valence-corrected chi connectivity index (χ4v) is 2.74. The van der Waals surface area contributed by atoms with Crippen molar-refractivity contribution >= 4 is 0 Å². The van der Waals surface area contributed by atoms with E-state index >= 15 is 0 Å². The Morgan fingerprint density at radius 2 is 2.06 bits per heavy atom. The van der Waals surface area contributed by atoms with Crippen LogP contribution in [0.5, 0.6) is 0 Å². The number of hydrogen-bond donors (Lipinski definition) is 2. The number of methoxy groups -OCH3 is 1. The molecule has 1 atom stereocenters. The summed E-state index contributed by atoms with van der Waals surface area (Å²) in [6, 6.07) is 10.9. The summed E-state index contributed by atoms with van der Waals surface area (Å²) in [7, 11) is 1.82. The van der Waals surface area contributed by atoms with Crippen molar-refractivity contribution in [3.05, 3.63) is 35.9 Å². The summed E-state index contributed by atoms with van der Waals surface area (Å²) in [5.74, 6) is 5.67. The van der Waals surface area contributed by atoms with Gasteiger partial charge in [-0.15, -0.1) is 0 Å². The molecule has 0 radical (unpaired) electrons. The lowest BCUT2D eigenvalue weighted by Crippen LogP contribution is -2.47. The van der Waals surface area contributed by atoms with Crippen LogP contribution < -0.4 is 11.3 Å². The molecule has 1 aliphatic rings. The van der Waals surface area contributed by atoms with Crippen molar-refractivity contribution in [2.75, 3.05) is 7.11 Å². The van der Waals surface area contributed by atoms with Crippen molar-refractivity contribution in [2.24, 2.45) is 5.84 Å². The van der Waals surface area contributed by atoms with Gasteiger partial charge in [0.1, 0.15) is 0 Å². The zero-order valence-corrected chi connectivity index (χ0v) is 11.2. The first kappa shape index (κ1) is 13.5. The van der Waals surface area contributed by atoms with Gasteiger partial charge in [0.2, 0.25) is 0 Å². The van der Waals surface area contributed by atoms with Crippen LogP contribution >= 0.6 is 0 Å². The molecule has 0 heterocycles. The molecule has 2 rings (SSSR count). The van der Waals surface area contributed by atoms with Crippen LogP contribution in [0.4, 0.5) is 0 Å². The fourth-order valence-electron chi connectivity index (χ4n) is 2.74. The molecule has 1 unspecified atom stereocenters. The van der Waals surface area contributed by atoms with Crippen LogP contribution in [0.15, 0.2) is 30.3 Å². The Kier molecular flexibility index (Phi) is 4.75. The SMILES string of the molecule is COC1(CC(CCc2ccccc2)NN)CCC1. The van der Waals surface area contributed by atoms with E-state index in [2.05, 4.69) is 35.8 Å². The average molecular weight is 248 g/mol. The smallest absolute Gasteiger partial charge is 0.0694 e. The Morgan fingerprint density at radius 1 is 1.33 bits per heavy atom. The highest BCUT2D eigenvalue weighted by Gasteiger charge is 2.38. The van der Waals surface area contributed by atoms with Crippen molar-refractivity contribution < 1.29 is 4.74 Å². The minimum Gasteiger partial charge on any atom is -0.378 e. The predicted octanol–water partition coefficient (Wildman–Crippen LogP) is 2.41. The van der Waals surface area contributed by atoms with Crippen LogP contribution in [0.2, 0.25) is 0 Å². The van der Waals surface area contributed by atoms with E-state index in [4.69, 9.17) is 10.6 Å². The fraction of sp³-hybridized carbons (Fsp3) is 0.600. The van der Waals surface area contributed by atoms with Crippen molar-refractivity contribution in [3.63, 3.8) is 0 Å². The molecule has 100 valence electrons. The molecule has 1 aromatic carbocycles. The lowest BCUT2D eigenvalue weighted by molar-refractivity contribution is -0.0838. The standard InChI is InChI=1S/C15H24N2O/c1-18-15(10-5-11-15)12-14(17-16)9-8-13-6-3-2-4-7-13/h2-4,6-7,14,17H,5,8-12,16H2,1H3. The normalized spacial score (nSPS) is 19.2. The van der Waals surface area contributed by atoms with Crippen LogP contribution in [0.25, 0.3) is 0 Å². The summed E-state index contributed by atoms with van der Waals surface area (Å²) in [6.07, 6.45) is 6.78. The lowest BCUT2D eigenvalue weighted by Gasteiger charge is -2.42. The van der Waals surface area contributed by atoms with E-state index in [0.29, 0.717) is 6.04 Å². The van der Waals surface area contributed by atoms with Crippen molar-refractivity contribution in [3.8, 4) is 0 Å². The molecule has 0 bridgehead atoms. The minimum absolute atomic E-state index is 0.0910. The van der Waals surface area contributed by atoms with Gasteiger partial charge in [-0.1, -0.05) is 30.3 Å². The number of aryl methyl sites for hydroxylation is 1. The van der Waals surface area contributed by atoms with Crippen LogP contribution in [0.3, 0.4) is 0 Å². The number of hydrogen-bond acceptors (Lipinski definition) is 3. The highest BCUT2D eigenvalue weighted by molar-refractivity contribution is 5.14. The maximum Gasteiger partial charge on any atom is 0.0694 e. The zero-order valence-electron chi connectivity index (χ0n) is 11.2. The van der Waals surface area contributed by atoms with Crippen LogP contribution in [0.1, 0.15) is 37.7 Å². The molecule has 3 heteroatoms. The summed E-state index contributed by atoms with van der Waals surface area (Å²) >= 11 is 0. The van der Waals surface area contributed by atoms with Crippen LogP contribution in [-0.4, -0.2) is 18.8 Å².